The number of benzene rings is 1. The van der Waals surface area contributed by atoms with Crippen LogP contribution < -0.4 is 0 Å². The van der Waals surface area contributed by atoms with Crippen molar-refractivity contribution in [2.45, 2.75) is 13.3 Å². The van der Waals surface area contributed by atoms with Gasteiger partial charge in [-0.1, -0.05) is 30.3 Å². The Morgan fingerprint density at radius 1 is 1.41 bits per heavy atom. The second kappa shape index (κ2) is 4.99. The molecule has 1 unspecified atom stereocenters. The highest BCUT2D eigenvalue weighted by Crippen LogP contribution is 2.16. The van der Waals surface area contributed by atoms with Gasteiger partial charge in [-0.25, -0.2) is 0 Å². The summed E-state index contributed by atoms with van der Waals surface area (Å²) >= 11 is 0. The summed E-state index contributed by atoms with van der Waals surface area (Å²) in [6, 6.07) is 9.26. The average Bonchev–Trinajstić information content (AvgIpc) is 2.39. The van der Waals surface area contributed by atoms with Gasteiger partial charge in [0.1, 0.15) is 0 Å². The molecule has 1 fully saturated rings. The molecule has 0 aromatic heterocycles. The molecular formula is C13H16N2O2. The molecule has 1 N–H and O–H groups in total. The van der Waals surface area contributed by atoms with Crippen LogP contribution in [0.3, 0.4) is 0 Å². The molecule has 1 aromatic rings. The molecule has 0 spiro atoms. The highest BCUT2D eigenvalue weighted by atomic mass is 16.4. The van der Waals surface area contributed by atoms with E-state index in [-0.39, 0.29) is 11.8 Å². The molecule has 1 heterocycles. The summed E-state index contributed by atoms with van der Waals surface area (Å²) in [6.07, 6.45) is 0.649. The van der Waals surface area contributed by atoms with Crippen LogP contribution in [0.4, 0.5) is 0 Å². The van der Waals surface area contributed by atoms with E-state index in [9.17, 15) is 4.79 Å². The largest absolute Gasteiger partial charge is 0.411 e. The molecule has 2 rings (SSSR count). The molecule has 1 aromatic carbocycles. The monoisotopic (exact) mass is 232 g/mol. The fraction of sp³-hybridized carbons (Fsp3) is 0.385. The van der Waals surface area contributed by atoms with Gasteiger partial charge in [0.25, 0.3) is 5.91 Å². The molecule has 0 aliphatic carbocycles. The van der Waals surface area contributed by atoms with Crippen LogP contribution in [-0.4, -0.2) is 34.8 Å². The van der Waals surface area contributed by atoms with Crippen molar-refractivity contribution >= 4 is 11.6 Å². The predicted molar refractivity (Wildman–Crippen MR) is 65.3 cm³/mol. The summed E-state index contributed by atoms with van der Waals surface area (Å²) < 4.78 is 0. The van der Waals surface area contributed by atoms with Gasteiger partial charge in [0.2, 0.25) is 0 Å². The number of carbonyl (C=O) groups is 1. The first kappa shape index (κ1) is 11.6. The molecule has 0 saturated carbocycles. The van der Waals surface area contributed by atoms with Crippen LogP contribution in [0.1, 0.15) is 23.7 Å². The van der Waals surface area contributed by atoms with Gasteiger partial charge in [-0.05, 0) is 12.1 Å². The van der Waals surface area contributed by atoms with E-state index < -0.39 is 0 Å². The fourth-order valence-corrected chi connectivity index (χ4v) is 2.12. The lowest BCUT2D eigenvalue weighted by Gasteiger charge is -2.31. The molecule has 1 amide bonds. The minimum Gasteiger partial charge on any atom is -0.411 e. The summed E-state index contributed by atoms with van der Waals surface area (Å²) in [5, 5.41) is 12.1. The van der Waals surface area contributed by atoms with Crippen molar-refractivity contribution in [1.29, 1.82) is 0 Å². The van der Waals surface area contributed by atoms with Gasteiger partial charge in [-0.3, -0.25) is 4.79 Å². The number of nitrogens with zero attached hydrogens (tertiary/aromatic N) is 2. The normalized spacial score (nSPS) is 22.8. The van der Waals surface area contributed by atoms with E-state index in [1.165, 1.54) is 0 Å². The van der Waals surface area contributed by atoms with Crippen molar-refractivity contribution in [1.82, 2.24) is 4.90 Å². The smallest absolute Gasteiger partial charge is 0.253 e. The van der Waals surface area contributed by atoms with Crippen LogP contribution in [-0.2, 0) is 0 Å². The van der Waals surface area contributed by atoms with Crippen LogP contribution in [0.15, 0.2) is 35.5 Å². The van der Waals surface area contributed by atoms with E-state index >= 15 is 0 Å². The Morgan fingerprint density at radius 2 is 2.12 bits per heavy atom. The zero-order valence-corrected chi connectivity index (χ0v) is 9.84. The summed E-state index contributed by atoms with van der Waals surface area (Å²) in [4.78, 5) is 14.0. The third kappa shape index (κ3) is 2.46. The maximum Gasteiger partial charge on any atom is 0.253 e. The number of rotatable bonds is 1. The first-order valence-electron chi connectivity index (χ1n) is 5.77. The molecule has 0 radical (unpaired) electrons. The first-order valence-corrected chi connectivity index (χ1v) is 5.77. The molecule has 4 heteroatoms. The van der Waals surface area contributed by atoms with Crippen molar-refractivity contribution in [3.8, 4) is 0 Å². The summed E-state index contributed by atoms with van der Waals surface area (Å²) in [5.74, 6) is 0.177. The zero-order valence-electron chi connectivity index (χ0n) is 9.84. The minimum absolute atomic E-state index is 0.0504. The fourth-order valence-electron chi connectivity index (χ4n) is 2.12. The number of likely N-dealkylation sites (tertiary alicyclic amines) is 1. The zero-order chi connectivity index (χ0) is 12.3. The van der Waals surface area contributed by atoms with Crippen molar-refractivity contribution < 1.29 is 10.0 Å². The Labute approximate surface area is 101 Å². The minimum atomic E-state index is 0.0504. The number of hydrogen-bond donors (Lipinski definition) is 1. The Balaban J connectivity index is 2.08. The average molecular weight is 232 g/mol. The molecule has 1 atom stereocenters. The van der Waals surface area contributed by atoms with Crippen LogP contribution in [0.25, 0.3) is 0 Å². The number of oxime groups is 1. The van der Waals surface area contributed by atoms with E-state index in [1.54, 1.807) is 0 Å². The van der Waals surface area contributed by atoms with E-state index in [4.69, 9.17) is 5.21 Å². The lowest BCUT2D eigenvalue weighted by molar-refractivity contribution is 0.0734. The molecule has 1 aliphatic heterocycles. The number of piperidine rings is 1. The maximum absolute atomic E-state index is 12.2. The molecule has 1 aliphatic rings. The van der Waals surface area contributed by atoms with Crippen molar-refractivity contribution in [2.75, 3.05) is 13.1 Å². The third-order valence-corrected chi connectivity index (χ3v) is 3.14. The van der Waals surface area contributed by atoms with E-state index in [2.05, 4.69) is 5.16 Å². The summed E-state index contributed by atoms with van der Waals surface area (Å²) in [7, 11) is 0. The van der Waals surface area contributed by atoms with Gasteiger partial charge < -0.3 is 10.1 Å². The molecule has 1 saturated heterocycles. The van der Waals surface area contributed by atoms with Crippen LogP contribution in [0, 0.1) is 5.92 Å². The Hall–Kier alpha value is -1.84. The van der Waals surface area contributed by atoms with Gasteiger partial charge in [0, 0.05) is 31.0 Å². The predicted octanol–water partition coefficient (Wildman–Crippen LogP) is 2.00. The lowest BCUT2D eigenvalue weighted by atomic mass is 9.97. The topological polar surface area (TPSA) is 52.9 Å². The van der Waals surface area contributed by atoms with Gasteiger partial charge in [-0.15, -0.1) is 0 Å². The van der Waals surface area contributed by atoms with Gasteiger partial charge in [0.05, 0.1) is 5.71 Å². The van der Waals surface area contributed by atoms with Crippen molar-refractivity contribution in [3.05, 3.63) is 35.9 Å². The van der Waals surface area contributed by atoms with Crippen LogP contribution >= 0.6 is 0 Å². The van der Waals surface area contributed by atoms with Crippen LogP contribution in [0.2, 0.25) is 0 Å². The van der Waals surface area contributed by atoms with Gasteiger partial charge in [-0.2, -0.15) is 0 Å². The van der Waals surface area contributed by atoms with Crippen LogP contribution in [0.5, 0.6) is 0 Å². The lowest BCUT2D eigenvalue weighted by Crippen LogP contribution is -2.43. The van der Waals surface area contributed by atoms with E-state index in [1.807, 2.05) is 42.2 Å². The number of carbonyl (C=O) groups excluding carboxylic acids is 1. The third-order valence-electron chi connectivity index (χ3n) is 3.14. The van der Waals surface area contributed by atoms with E-state index in [0.29, 0.717) is 25.1 Å². The quantitative estimate of drug-likeness (QED) is 0.594. The Kier molecular flexibility index (Phi) is 3.42. The maximum atomic E-state index is 12.2. The number of hydrogen-bond acceptors (Lipinski definition) is 3. The molecular weight excluding hydrogens is 216 g/mol. The van der Waals surface area contributed by atoms with Crippen molar-refractivity contribution in [3.63, 3.8) is 0 Å². The molecule has 4 nitrogen and oxygen atoms in total. The highest BCUT2D eigenvalue weighted by molar-refractivity contribution is 5.96. The SMILES string of the molecule is CC1CN(C(=O)c2ccccc2)CC/C1=N\O. The Bertz CT molecular complexity index is 428. The standard InChI is InChI=1S/C13H16N2O2/c1-10-9-15(8-7-12(10)14-17)13(16)11-5-3-2-4-6-11/h2-6,10,17H,7-9H2,1H3/b14-12+. The number of amides is 1. The second-order valence-electron chi connectivity index (χ2n) is 4.36. The molecule has 90 valence electrons. The van der Waals surface area contributed by atoms with E-state index in [0.717, 1.165) is 5.71 Å². The van der Waals surface area contributed by atoms with Crippen molar-refractivity contribution in [2.24, 2.45) is 11.1 Å². The summed E-state index contributed by atoms with van der Waals surface area (Å²) in [5.41, 5.74) is 1.49. The molecule has 17 heavy (non-hydrogen) atoms. The first-order chi connectivity index (χ1) is 8.22. The second-order valence-corrected chi connectivity index (χ2v) is 4.36. The van der Waals surface area contributed by atoms with Gasteiger partial charge >= 0.3 is 0 Å². The summed E-state index contributed by atoms with van der Waals surface area (Å²) in [6.45, 7) is 3.21. The van der Waals surface area contributed by atoms with Gasteiger partial charge in [0.15, 0.2) is 0 Å². The Morgan fingerprint density at radius 3 is 2.71 bits per heavy atom. The highest BCUT2D eigenvalue weighted by Gasteiger charge is 2.26. The molecule has 0 bridgehead atoms.